The fourth-order valence-corrected chi connectivity index (χ4v) is 2.72. The molecule has 18 heavy (non-hydrogen) atoms. The van der Waals surface area contributed by atoms with E-state index in [1.807, 2.05) is 48.3 Å². The molecule has 1 aromatic carbocycles. The number of benzene rings is 1. The zero-order valence-electron chi connectivity index (χ0n) is 10.3. The van der Waals surface area contributed by atoms with E-state index < -0.39 is 0 Å². The van der Waals surface area contributed by atoms with Crippen molar-refractivity contribution in [3.05, 3.63) is 42.2 Å². The normalized spacial score (nSPS) is 10.6. The molecule has 0 fully saturated rings. The molecule has 0 saturated heterocycles. The highest BCUT2D eigenvalue weighted by molar-refractivity contribution is 7.99. The molecule has 0 atom stereocenters. The Kier molecular flexibility index (Phi) is 4.49. The molecule has 0 aliphatic heterocycles. The Balaban J connectivity index is 1.97. The molecule has 0 unspecified atom stereocenters. The minimum Gasteiger partial charge on any atom is -0.329 e. The van der Waals surface area contributed by atoms with Crippen LogP contribution in [0.4, 0.5) is 0 Å². The van der Waals surface area contributed by atoms with Gasteiger partial charge in [-0.1, -0.05) is 23.9 Å². The number of Topliss-reactive ketones (excluding diaryl/α,β-unsaturated/α-hetero) is 1. The van der Waals surface area contributed by atoms with Crippen LogP contribution < -0.4 is 0 Å². The highest BCUT2D eigenvalue weighted by atomic mass is 32.2. The quantitative estimate of drug-likeness (QED) is 0.622. The van der Waals surface area contributed by atoms with Crippen molar-refractivity contribution in [3.8, 4) is 0 Å². The van der Waals surface area contributed by atoms with E-state index in [1.54, 1.807) is 18.0 Å². The number of hydrogen-bond donors (Lipinski definition) is 0. The molecule has 5 heteroatoms. The number of thioether (sulfide) groups is 2. The smallest absolute Gasteiger partial charge is 0.173 e. The molecule has 0 bridgehead atoms. The summed E-state index contributed by atoms with van der Waals surface area (Å²) in [6.45, 7) is 0. The number of rotatable bonds is 5. The zero-order chi connectivity index (χ0) is 13.0. The molecule has 0 amide bonds. The molecule has 0 spiro atoms. The summed E-state index contributed by atoms with van der Waals surface area (Å²) in [5, 5.41) is 0.865. The van der Waals surface area contributed by atoms with Gasteiger partial charge >= 0.3 is 0 Å². The van der Waals surface area contributed by atoms with E-state index in [0.717, 1.165) is 10.7 Å². The monoisotopic (exact) mass is 278 g/mol. The molecule has 0 radical (unpaired) electrons. The van der Waals surface area contributed by atoms with Crippen LogP contribution in [0.1, 0.15) is 10.4 Å². The number of imidazole rings is 1. The molecule has 0 saturated carbocycles. The van der Waals surface area contributed by atoms with Crippen molar-refractivity contribution in [1.29, 1.82) is 0 Å². The maximum absolute atomic E-state index is 12.0. The molecule has 0 aliphatic rings. The van der Waals surface area contributed by atoms with Crippen LogP contribution in [0.2, 0.25) is 0 Å². The molecule has 0 aliphatic carbocycles. The van der Waals surface area contributed by atoms with E-state index in [9.17, 15) is 4.79 Å². The number of aromatic nitrogens is 2. The third kappa shape index (κ3) is 3.17. The maximum atomic E-state index is 12.0. The van der Waals surface area contributed by atoms with Crippen LogP contribution in [-0.4, -0.2) is 27.3 Å². The van der Waals surface area contributed by atoms with Crippen LogP contribution in [0.15, 0.2) is 46.7 Å². The first-order valence-corrected chi connectivity index (χ1v) is 7.69. The second kappa shape index (κ2) is 6.11. The Morgan fingerprint density at radius 3 is 2.61 bits per heavy atom. The van der Waals surface area contributed by atoms with Gasteiger partial charge in [-0.3, -0.25) is 4.79 Å². The molecule has 0 N–H and O–H groups in total. The van der Waals surface area contributed by atoms with E-state index in [1.165, 1.54) is 16.7 Å². The lowest BCUT2D eigenvalue weighted by Crippen LogP contribution is -2.03. The van der Waals surface area contributed by atoms with Gasteiger partial charge in [-0.25, -0.2) is 4.98 Å². The summed E-state index contributed by atoms with van der Waals surface area (Å²) in [7, 11) is 1.92. The number of nitrogens with zero attached hydrogens (tertiary/aromatic N) is 2. The van der Waals surface area contributed by atoms with Gasteiger partial charge in [-0.2, -0.15) is 0 Å². The number of hydrogen-bond acceptors (Lipinski definition) is 4. The van der Waals surface area contributed by atoms with Gasteiger partial charge in [0.15, 0.2) is 10.9 Å². The summed E-state index contributed by atoms with van der Waals surface area (Å²) >= 11 is 3.14. The lowest BCUT2D eigenvalue weighted by atomic mass is 10.1. The fraction of sp³-hybridized carbons (Fsp3) is 0.231. The van der Waals surface area contributed by atoms with Crippen molar-refractivity contribution in [2.45, 2.75) is 10.1 Å². The Labute approximate surface area is 115 Å². The van der Waals surface area contributed by atoms with E-state index in [0.29, 0.717) is 5.75 Å². The Morgan fingerprint density at radius 2 is 2.06 bits per heavy atom. The molecular formula is C13H14N2OS2. The predicted molar refractivity (Wildman–Crippen MR) is 76.5 cm³/mol. The second-order valence-corrected chi connectivity index (χ2v) is 5.58. The lowest BCUT2D eigenvalue weighted by Gasteiger charge is -2.02. The van der Waals surface area contributed by atoms with Gasteiger partial charge in [0.1, 0.15) is 0 Å². The summed E-state index contributed by atoms with van der Waals surface area (Å²) in [5.41, 5.74) is 0.759. The molecule has 3 nitrogen and oxygen atoms in total. The zero-order valence-corrected chi connectivity index (χ0v) is 11.9. The van der Waals surface area contributed by atoms with E-state index in [4.69, 9.17) is 0 Å². The van der Waals surface area contributed by atoms with Crippen LogP contribution in [0.5, 0.6) is 0 Å². The summed E-state index contributed by atoms with van der Waals surface area (Å²) in [5.74, 6) is 0.555. The predicted octanol–water partition coefficient (Wildman–Crippen LogP) is 3.12. The fourth-order valence-electron chi connectivity index (χ4n) is 1.48. The highest BCUT2D eigenvalue weighted by Crippen LogP contribution is 2.18. The van der Waals surface area contributed by atoms with Gasteiger partial charge in [0.05, 0.1) is 5.75 Å². The second-order valence-electron chi connectivity index (χ2n) is 3.76. The number of ketones is 1. The minimum absolute atomic E-state index is 0.135. The van der Waals surface area contributed by atoms with Gasteiger partial charge in [0.25, 0.3) is 0 Å². The van der Waals surface area contributed by atoms with E-state index in [-0.39, 0.29) is 5.78 Å². The molecule has 1 heterocycles. The van der Waals surface area contributed by atoms with Crippen molar-refractivity contribution in [3.63, 3.8) is 0 Å². The summed E-state index contributed by atoms with van der Waals surface area (Å²) < 4.78 is 1.91. The molecular weight excluding hydrogens is 264 g/mol. The third-order valence-electron chi connectivity index (χ3n) is 2.52. The van der Waals surface area contributed by atoms with Crippen LogP contribution >= 0.6 is 23.5 Å². The van der Waals surface area contributed by atoms with Crippen molar-refractivity contribution in [2.24, 2.45) is 7.05 Å². The van der Waals surface area contributed by atoms with Gasteiger partial charge in [0, 0.05) is 29.9 Å². The number of carbonyl (C=O) groups is 1. The standard InChI is InChI=1S/C13H14N2OS2/c1-15-8-7-14-13(15)18-9-12(16)10-3-5-11(17-2)6-4-10/h3-8H,9H2,1-2H3. The SMILES string of the molecule is CSc1ccc(C(=O)CSc2nccn2C)cc1. The lowest BCUT2D eigenvalue weighted by molar-refractivity contribution is 0.102. The van der Waals surface area contributed by atoms with Gasteiger partial charge in [-0.05, 0) is 18.4 Å². The average Bonchev–Trinajstić information content (AvgIpc) is 2.81. The first kappa shape index (κ1) is 13.2. The van der Waals surface area contributed by atoms with Crippen molar-refractivity contribution >= 4 is 29.3 Å². The molecule has 94 valence electrons. The summed E-state index contributed by atoms with van der Waals surface area (Å²) in [6, 6.07) is 7.72. The van der Waals surface area contributed by atoms with Crippen LogP contribution in [0.3, 0.4) is 0 Å². The van der Waals surface area contributed by atoms with E-state index >= 15 is 0 Å². The van der Waals surface area contributed by atoms with Crippen molar-refractivity contribution in [1.82, 2.24) is 9.55 Å². The molecule has 1 aromatic heterocycles. The Morgan fingerprint density at radius 1 is 1.33 bits per heavy atom. The first-order valence-electron chi connectivity index (χ1n) is 5.48. The largest absolute Gasteiger partial charge is 0.329 e. The summed E-state index contributed by atoms with van der Waals surface area (Å²) in [6.07, 6.45) is 5.63. The van der Waals surface area contributed by atoms with Gasteiger partial charge < -0.3 is 4.57 Å². The third-order valence-corrected chi connectivity index (χ3v) is 4.32. The molecule has 2 aromatic rings. The van der Waals surface area contributed by atoms with E-state index in [2.05, 4.69) is 4.98 Å². The average molecular weight is 278 g/mol. The van der Waals surface area contributed by atoms with Crippen LogP contribution in [0, 0.1) is 0 Å². The first-order chi connectivity index (χ1) is 8.70. The van der Waals surface area contributed by atoms with Crippen molar-refractivity contribution < 1.29 is 4.79 Å². The minimum atomic E-state index is 0.135. The Hall–Kier alpha value is -1.20. The highest BCUT2D eigenvalue weighted by Gasteiger charge is 2.08. The summed E-state index contributed by atoms with van der Waals surface area (Å²) in [4.78, 5) is 17.3. The topological polar surface area (TPSA) is 34.9 Å². The Bertz CT molecular complexity index is 534. The maximum Gasteiger partial charge on any atom is 0.173 e. The number of aryl methyl sites for hydroxylation is 1. The van der Waals surface area contributed by atoms with Gasteiger partial charge in [0.2, 0.25) is 0 Å². The van der Waals surface area contributed by atoms with Crippen LogP contribution in [0.25, 0.3) is 0 Å². The molecule has 2 rings (SSSR count). The van der Waals surface area contributed by atoms with Crippen molar-refractivity contribution in [2.75, 3.05) is 12.0 Å². The van der Waals surface area contributed by atoms with Gasteiger partial charge in [-0.15, -0.1) is 11.8 Å². The van der Waals surface area contributed by atoms with Crippen LogP contribution in [-0.2, 0) is 7.05 Å². The number of carbonyl (C=O) groups excluding carboxylic acids is 1.